The van der Waals surface area contributed by atoms with Gasteiger partial charge in [0.1, 0.15) is 0 Å². The van der Waals surface area contributed by atoms with Gasteiger partial charge in [0.15, 0.2) is 0 Å². The van der Waals surface area contributed by atoms with Crippen LogP contribution in [-0.2, 0) is 10.0 Å². The van der Waals surface area contributed by atoms with Crippen molar-refractivity contribution >= 4 is 27.6 Å². The molecule has 35 heavy (non-hydrogen) atoms. The number of hydrogen-bond acceptors (Lipinski definition) is 5. The van der Waals surface area contributed by atoms with Crippen LogP contribution < -0.4 is 15.4 Å². The Morgan fingerprint density at radius 3 is 2.40 bits per heavy atom. The number of amides is 3. The zero-order valence-corrected chi connectivity index (χ0v) is 20.8. The highest BCUT2D eigenvalue weighted by atomic mass is 32.2. The molecule has 186 valence electrons. The van der Waals surface area contributed by atoms with Crippen LogP contribution in [0.3, 0.4) is 0 Å². The van der Waals surface area contributed by atoms with Crippen molar-refractivity contribution in [2.45, 2.75) is 32.6 Å². The summed E-state index contributed by atoms with van der Waals surface area (Å²) in [5, 5.41) is 14.3. The van der Waals surface area contributed by atoms with Crippen LogP contribution >= 0.6 is 0 Å². The molecule has 1 aliphatic rings. The molecule has 0 unspecified atom stereocenters. The van der Waals surface area contributed by atoms with Crippen molar-refractivity contribution in [2.24, 2.45) is 0 Å². The van der Waals surface area contributed by atoms with Crippen LogP contribution in [0.15, 0.2) is 42.5 Å². The third-order valence-electron chi connectivity index (χ3n) is 6.14. The van der Waals surface area contributed by atoms with Crippen molar-refractivity contribution in [3.05, 3.63) is 64.7 Å². The van der Waals surface area contributed by atoms with Gasteiger partial charge in [0.05, 0.1) is 17.4 Å². The molecule has 1 heterocycles. The Labute approximate surface area is 206 Å². The predicted octanol–water partition coefficient (Wildman–Crippen LogP) is 2.95. The number of piperidine rings is 1. The monoisotopic (exact) mass is 497 g/mol. The second kappa shape index (κ2) is 11.8. The van der Waals surface area contributed by atoms with Gasteiger partial charge in [-0.05, 0) is 68.0 Å². The first-order valence-electron chi connectivity index (χ1n) is 11.6. The number of nitriles is 1. The molecule has 10 heteroatoms. The normalized spacial score (nSPS) is 14.3. The molecule has 1 aliphatic heterocycles. The van der Waals surface area contributed by atoms with Crippen molar-refractivity contribution in [3.63, 3.8) is 0 Å². The molecule has 3 amide bonds. The Hall–Kier alpha value is -3.42. The van der Waals surface area contributed by atoms with E-state index >= 15 is 0 Å². The summed E-state index contributed by atoms with van der Waals surface area (Å²) < 4.78 is 25.3. The van der Waals surface area contributed by atoms with Crippen LogP contribution in [0.5, 0.6) is 0 Å². The van der Waals surface area contributed by atoms with E-state index in [1.165, 1.54) is 12.5 Å². The van der Waals surface area contributed by atoms with Gasteiger partial charge in [-0.25, -0.2) is 17.9 Å². The zero-order chi connectivity index (χ0) is 25.4. The van der Waals surface area contributed by atoms with Gasteiger partial charge in [-0.3, -0.25) is 4.79 Å². The Kier molecular flexibility index (Phi) is 8.84. The number of rotatable bonds is 8. The Morgan fingerprint density at radius 1 is 1.09 bits per heavy atom. The number of anilines is 1. The summed E-state index contributed by atoms with van der Waals surface area (Å²) in [6.07, 6.45) is 1.69. The van der Waals surface area contributed by atoms with Gasteiger partial charge in [-0.15, -0.1) is 0 Å². The fraction of sp³-hybridized carbons (Fsp3) is 0.400. The lowest BCUT2D eigenvalue weighted by Crippen LogP contribution is -2.38. The van der Waals surface area contributed by atoms with Gasteiger partial charge in [0.2, 0.25) is 10.0 Å². The van der Waals surface area contributed by atoms with Gasteiger partial charge in [-0.2, -0.15) is 5.26 Å². The van der Waals surface area contributed by atoms with Crippen LogP contribution in [0.4, 0.5) is 10.5 Å². The molecule has 0 saturated carbocycles. The number of sulfonamides is 1. The highest BCUT2D eigenvalue weighted by Crippen LogP contribution is 2.29. The number of nitrogens with one attached hydrogen (secondary N) is 3. The van der Waals surface area contributed by atoms with Crippen molar-refractivity contribution in [3.8, 4) is 6.07 Å². The molecule has 1 fully saturated rings. The lowest BCUT2D eigenvalue weighted by molar-refractivity contribution is 0.0713. The molecule has 0 aliphatic carbocycles. The fourth-order valence-electron chi connectivity index (χ4n) is 3.97. The van der Waals surface area contributed by atoms with Crippen LogP contribution in [0.2, 0.25) is 0 Å². The summed E-state index contributed by atoms with van der Waals surface area (Å²) >= 11 is 0. The zero-order valence-electron chi connectivity index (χ0n) is 20.0. The van der Waals surface area contributed by atoms with Crippen molar-refractivity contribution in [1.29, 1.82) is 5.26 Å². The molecule has 1 saturated heterocycles. The summed E-state index contributed by atoms with van der Waals surface area (Å²) in [5.41, 5.74) is 3.66. The lowest BCUT2D eigenvalue weighted by Gasteiger charge is -2.32. The van der Waals surface area contributed by atoms with E-state index in [0.29, 0.717) is 35.8 Å². The minimum absolute atomic E-state index is 0.0215. The number of carbonyl (C=O) groups is 2. The third kappa shape index (κ3) is 7.28. The first kappa shape index (κ1) is 26.2. The van der Waals surface area contributed by atoms with Crippen LogP contribution in [0, 0.1) is 18.3 Å². The SMILES string of the molecule is CCS(=O)(=O)NCCNC(=O)Nc1cc(C(=O)N2CCC(c3ccc(C#N)cc3)CC2)ccc1C. The summed E-state index contributed by atoms with van der Waals surface area (Å²) in [6.45, 7) is 4.87. The minimum atomic E-state index is -3.31. The maximum atomic E-state index is 13.1. The number of likely N-dealkylation sites (tertiary alicyclic amines) is 1. The number of urea groups is 1. The number of benzene rings is 2. The minimum Gasteiger partial charge on any atom is -0.339 e. The first-order valence-corrected chi connectivity index (χ1v) is 13.3. The maximum absolute atomic E-state index is 13.1. The molecule has 2 aromatic rings. The summed E-state index contributed by atoms with van der Waals surface area (Å²) in [6, 6.07) is 14.5. The topological polar surface area (TPSA) is 131 Å². The second-order valence-electron chi connectivity index (χ2n) is 8.51. The average Bonchev–Trinajstić information content (AvgIpc) is 2.87. The van der Waals surface area contributed by atoms with Gasteiger partial charge in [0, 0.05) is 37.4 Å². The number of hydrogen-bond donors (Lipinski definition) is 3. The molecule has 3 rings (SSSR count). The molecule has 0 bridgehead atoms. The van der Waals surface area contributed by atoms with Gasteiger partial charge >= 0.3 is 6.03 Å². The Morgan fingerprint density at radius 2 is 1.77 bits per heavy atom. The predicted molar refractivity (Wildman–Crippen MR) is 135 cm³/mol. The molecular formula is C25H31N5O4S. The summed E-state index contributed by atoms with van der Waals surface area (Å²) in [7, 11) is -3.31. The van der Waals surface area contributed by atoms with E-state index in [-0.39, 0.29) is 24.7 Å². The van der Waals surface area contributed by atoms with E-state index < -0.39 is 16.1 Å². The van der Waals surface area contributed by atoms with E-state index in [4.69, 9.17) is 5.26 Å². The average molecular weight is 498 g/mol. The smallest absolute Gasteiger partial charge is 0.319 e. The second-order valence-corrected chi connectivity index (χ2v) is 10.6. The fourth-order valence-corrected chi connectivity index (χ4v) is 4.59. The number of carbonyl (C=O) groups excluding carboxylic acids is 2. The van der Waals surface area contributed by atoms with Crippen molar-refractivity contribution in [2.75, 3.05) is 37.2 Å². The molecule has 2 aromatic carbocycles. The highest BCUT2D eigenvalue weighted by molar-refractivity contribution is 7.89. The first-order chi connectivity index (χ1) is 16.7. The van der Waals surface area contributed by atoms with Gasteiger partial charge in [0.25, 0.3) is 5.91 Å². The Balaban J connectivity index is 1.54. The third-order valence-corrected chi connectivity index (χ3v) is 7.54. The van der Waals surface area contributed by atoms with Crippen LogP contribution in [-0.4, -0.2) is 57.2 Å². The van der Waals surface area contributed by atoms with Crippen molar-refractivity contribution < 1.29 is 18.0 Å². The molecule has 0 aromatic heterocycles. The summed E-state index contributed by atoms with van der Waals surface area (Å²) in [5.74, 6) is 0.250. The van der Waals surface area contributed by atoms with E-state index in [0.717, 1.165) is 18.4 Å². The van der Waals surface area contributed by atoms with E-state index in [1.807, 2.05) is 36.1 Å². The van der Waals surface area contributed by atoms with E-state index in [1.54, 1.807) is 18.2 Å². The standard InChI is InChI=1S/C25H31N5O4S/c1-3-35(33,34)28-13-12-27-25(32)29-23-16-22(7-4-18(23)2)24(31)30-14-10-21(11-15-30)20-8-5-19(17-26)6-9-20/h4-9,16,21,28H,3,10-15H2,1-2H3,(H2,27,29,32). The Bertz CT molecular complexity index is 1200. The van der Waals surface area contributed by atoms with Crippen LogP contribution in [0.1, 0.15) is 52.7 Å². The van der Waals surface area contributed by atoms with E-state index in [9.17, 15) is 18.0 Å². The quantitative estimate of drug-likeness (QED) is 0.483. The molecule has 0 atom stereocenters. The molecular weight excluding hydrogens is 466 g/mol. The lowest BCUT2D eigenvalue weighted by atomic mass is 9.89. The molecule has 9 nitrogen and oxygen atoms in total. The largest absolute Gasteiger partial charge is 0.339 e. The van der Waals surface area contributed by atoms with E-state index in [2.05, 4.69) is 21.4 Å². The number of nitrogens with zero attached hydrogens (tertiary/aromatic N) is 2. The summed E-state index contributed by atoms with van der Waals surface area (Å²) in [4.78, 5) is 27.2. The van der Waals surface area contributed by atoms with Crippen molar-refractivity contribution in [1.82, 2.24) is 14.9 Å². The molecule has 0 spiro atoms. The molecule has 0 radical (unpaired) electrons. The number of aryl methyl sites for hydroxylation is 1. The highest BCUT2D eigenvalue weighted by Gasteiger charge is 2.25. The van der Waals surface area contributed by atoms with Gasteiger partial charge < -0.3 is 15.5 Å². The maximum Gasteiger partial charge on any atom is 0.319 e. The van der Waals surface area contributed by atoms with Crippen LogP contribution in [0.25, 0.3) is 0 Å². The molecule has 3 N–H and O–H groups in total. The van der Waals surface area contributed by atoms with Gasteiger partial charge in [-0.1, -0.05) is 18.2 Å².